The fraction of sp³-hybridized carbons (Fsp3) is 0. The normalized spacial score (nSPS) is 9.67. The summed E-state index contributed by atoms with van der Waals surface area (Å²) in [5, 5.41) is 0. The van der Waals surface area contributed by atoms with Crippen LogP contribution in [0.25, 0.3) is 0 Å². The van der Waals surface area contributed by atoms with E-state index in [9.17, 15) is 0 Å². The molecular weight excluding hydrogens is 321 g/mol. The van der Waals surface area contributed by atoms with Crippen molar-refractivity contribution in [3.05, 3.63) is 0 Å². The van der Waals surface area contributed by atoms with E-state index in [0.717, 1.165) is 0 Å². The van der Waals surface area contributed by atoms with Gasteiger partial charge in [0.15, 0.2) is 0 Å². The second-order valence-corrected chi connectivity index (χ2v) is 2.65. The van der Waals surface area contributed by atoms with Crippen molar-refractivity contribution in [2.45, 2.75) is 0 Å². The van der Waals surface area contributed by atoms with Gasteiger partial charge in [0.1, 0.15) is 0 Å². The Morgan fingerprint density at radius 3 is 1.50 bits per heavy atom. The Morgan fingerprint density at radius 1 is 1.50 bits per heavy atom. The first-order chi connectivity index (χ1) is 2.00. The van der Waals surface area contributed by atoms with Crippen LogP contribution < -0.4 is 0 Å². The standard InChI is InChI=1S/Bi.H2O3S2.3H/c;1-5(2,3)4;;;/h;(H2,1,2,3,4);;;. The molecule has 0 bridgehead atoms. The maximum atomic E-state index is 9.11. The second-order valence-electron chi connectivity index (χ2n) is 0.448. The molecule has 0 unspecified atom stereocenters. The third-order valence-electron chi connectivity index (χ3n) is 0. The summed E-state index contributed by atoms with van der Waals surface area (Å²) in [5.74, 6) is 0. The number of hydrogen-bond donors (Lipinski definition) is 2. The van der Waals surface area contributed by atoms with Crippen molar-refractivity contribution < 1.29 is 13.3 Å². The maximum absolute atomic E-state index is 9.11. The van der Waals surface area contributed by atoms with Gasteiger partial charge in [-0.2, -0.15) is 4.21 Å². The third-order valence-corrected chi connectivity index (χ3v) is 0. The fourth-order valence-electron chi connectivity index (χ4n) is 0. The van der Waals surface area contributed by atoms with Crippen LogP contribution in [0.4, 0.5) is 0 Å². The van der Waals surface area contributed by atoms with Crippen molar-refractivity contribution in [1.82, 2.24) is 0 Å². The summed E-state index contributed by atoms with van der Waals surface area (Å²) in [6.07, 6.45) is 0. The molecule has 0 atom stereocenters. The molecule has 0 aliphatic carbocycles. The van der Waals surface area contributed by atoms with Gasteiger partial charge in [0.05, 0.1) is 0 Å². The molecule has 0 spiro atoms. The van der Waals surface area contributed by atoms with Crippen molar-refractivity contribution in [1.29, 1.82) is 0 Å². The van der Waals surface area contributed by atoms with E-state index in [1.165, 1.54) is 0 Å². The van der Waals surface area contributed by atoms with Crippen LogP contribution in [0.15, 0.2) is 0 Å². The second kappa shape index (κ2) is 3.21. The Labute approximate surface area is 59.6 Å². The van der Waals surface area contributed by atoms with Gasteiger partial charge in [-0.3, -0.25) is 9.11 Å². The molecule has 6 heavy (non-hydrogen) atoms. The summed E-state index contributed by atoms with van der Waals surface area (Å²) in [6.45, 7) is 0. The van der Waals surface area contributed by atoms with E-state index in [4.69, 9.17) is 13.3 Å². The molecule has 0 saturated carbocycles. The van der Waals surface area contributed by atoms with Crippen molar-refractivity contribution >= 4 is 46.4 Å². The summed E-state index contributed by atoms with van der Waals surface area (Å²) < 4.78 is 24.0. The Morgan fingerprint density at radius 2 is 1.50 bits per heavy atom. The van der Waals surface area contributed by atoms with E-state index in [1.807, 2.05) is 0 Å². The molecule has 0 aliphatic heterocycles. The van der Waals surface area contributed by atoms with Gasteiger partial charge in [-0.15, -0.1) is 0 Å². The summed E-state index contributed by atoms with van der Waals surface area (Å²) in [6, 6.07) is 0. The Bertz CT molecular complexity index is 92.0. The van der Waals surface area contributed by atoms with Crippen LogP contribution in [0.1, 0.15) is 0 Å². The van der Waals surface area contributed by atoms with Gasteiger partial charge in [-0.1, -0.05) is 0 Å². The molecule has 0 amide bonds. The van der Waals surface area contributed by atoms with Gasteiger partial charge in [0, 0.05) is 11.2 Å². The Hall–Kier alpha value is 1.17. The van der Waals surface area contributed by atoms with Crippen molar-refractivity contribution in [2.75, 3.05) is 0 Å². The van der Waals surface area contributed by atoms with Crippen molar-refractivity contribution in [3.8, 4) is 0 Å². The molecular formula is H5BiO3S2. The van der Waals surface area contributed by atoms with Gasteiger partial charge in [-0.05, 0) is 0 Å². The molecule has 6 heteroatoms. The average molecular weight is 326 g/mol. The molecule has 0 aliphatic rings. The average Bonchev–Trinajstić information content (AvgIpc) is 0.722. The molecule has 40 valence electrons. The van der Waals surface area contributed by atoms with Gasteiger partial charge in [0.2, 0.25) is 0 Å². The topological polar surface area (TPSA) is 57.5 Å². The zero-order valence-electron chi connectivity index (χ0n) is 2.83. The first-order valence-electron chi connectivity index (χ1n) is 0.698. The van der Waals surface area contributed by atoms with E-state index in [2.05, 4.69) is 11.2 Å². The summed E-state index contributed by atoms with van der Waals surface area (Å²) in [4.78, 5) is 0. The van der Waals surface area contributed by atoms with E-state index in [0.29, 0.717) is 0 Å². The summed E-state index contributed by atoms with van der Waals surface area (Å²) >= 11 is 3.47. The quantitative estimate of drug-likeness (QED) is 0.532. The van der Waals surface area contributed by atoms with E-state index in [1.54, 1.807) is 0 Å². The molecule has 3 nitrogen and oxygen atoms in total. The minimum absolute atomic E-state index is 0. The van der Waals surface area contributed by atoms with Gasteiger partial charge < -0.3 is 0 Å². The molecule has 0 radical (unpaired) electrons. The predicted octanol–water partition coefficient (Wildman–Crippen LogP) is -1.51. The zero-order valence-corrected chi connectivity index (χ0v) is 9.96. The van der Waals surface area contributed by atoms with Crippen molar-refractivity contribution in [2.24, 2.45) is 0 Å². The van der Waals surface area contributed by atoms with Crippen LogP contribution in [-0.2, 0) is 20.2 Å². The minimum atomic E-state index is -3.83. The van der Waals surface area contributed by atoms with E-state index >= 15 is 0 Å². The number of hydrogen-bond acceptors (Lipinski definition) is 2. The monoisotopic (exact) mass is 326 g/mol. The molecule has 2 N–H and O–H groups in total. The molecule has 0 saturated heterocycles. The first-order valence-corrected chi connectivity index (χ1v) is 3.10. The van der Waals surface area contributed by atoms with Gasteiger partial charge >= 0.3 is 26.2 Å². The third kappa shape index (κ3) is 65.5. The molecule has 0 aromatic heterocycles. The van der Waals surface area contributed by atoms with Crippen LogP contribution in [0.5, 0.6) is 0 Å². The zero-order chi connectivity index (χ0) is 4.50. The molecule has 0 fully saturated rings. The van der Waals surface area contributed by atoms with Crippen molar-refractivity contribution in [3.63, 3.8) is 0 Å². The Kier molecular flexibility index (Phi) is 5.47. The van der Waals surface area contributed by atoms with E-state index in [-0.39, 0.29) is 26.2 Å². The van der Waals surface area contributed by atoms with Crippen LogP contribution in [-0.4, -0.2) is 39.5 Å². The predicted molar refractivity (Wildman–Crippen MR) is 30.7 cm³/mol. The first kappa shape index (κ1) is 10.2. The molecule has 0 aromatic carbocycles. The Balaban J connectivity index is 0. The molecule has 0 aromatic rings. The summed E-state index contributed by atoms with van der Waals surface area (Å²) in [7, 11) is -3.83. The van der Waals surface area contributed by atoms with Crippen LogP contribution >= 0.6 is 0 Å². The summed E-state index contributed by atoms with van der Waals surface area (Å²) in [5.41, 5.74) is 0. The van der Waals surface area contributed by atoms with Gasteiger partial charge in [0.25, 0.3) is 9.05 Å². The van der Waals surface area contributed by atoms with Crippen LogP contribution in [0.2, 0.25) is 0 Å². The molecule has 0 rings (SSSR count). The van der Waals surface area contributed by atoms with Crippen LogP contribution in [0.3, 0.4) is 0 Å². The fourth-order valence-corrected chi connectivity index (χ4v) is 0. The van der Waals surface area contributed by atoms with E-state index < -0.39 is 9.05 Å². The SMILES string of the molecule is O=S(O)(O)=S.[BiH3]. The number of rotatable bonds is 0. The molecule has 0 heterocycles. The van der Waals surface area contributed by atoms with Gasteiger partial charge in [-0.25, -0.2) is 0 Å². The van der Waals surface area contributed by atoms with Crippen LogP contribution in [0, 0.1) is 0 Å².